The van der Waals surface area contributed by atoms with E-state index in [0.717, 1.165) is 23.4 Å². The van der Waals surface area contributed by atoms with E-state index in [0.29, 0.717) is 6.54 Å². The molecule has 21 heavy (non-hydrogen) atoms. The molecule has 4 nitrogen and oxygen atoms in total. The molecule has 0 saturated carbocycles. The summed E-state index contributed by atoms with van der Waals surface area (Å²) in [6.45, 7) is 2.60. The molecule has 0 bridgehead atoms. The number of ether oxygens (including phenoxy) is 1. The number of benzene rings is 2. The van der Waals surface area contributed by atoms with Crippen molar-refractivity contribution in [2.75, 3.05) is 19.0 Å². The molecule has 0 unspecified atom stereocenters. The van der Waals surface area contributed by atoms with Gasteiger partial charge in [-0.2, -0.15) is 0 Å². The highest BCUT2D eigenvalue weighted by molar-refractivity contribution is 5.89. The monoisotopic (exact) mass is 284 g/mol. The number of para-hydroxylation sites is 1. The molecule has 0 spiro atoms. The van der Waals surface area contributed by atoms with E-state index in [1.165, 1.54) is 5.56 Å². The quantitative estimate of drug-likeness (QED) is 0.884. The minimum atomic E-state index is -0.188. The topological polar surface area (TPSA) is 50.4 Å². The second-order valence-electron chi connectivity index (χ2n) is 4.80. The Bertz CT molecular complexity index is 597. The predicted octanol–water partition coefficient (Wildman–Crippen LogP) is 3.37. The fourth-order valence-electron chi connectivity index (χ4n) is 2.11. The van der Waals surface area contributed by atoms with E-state index in [9.17, 15) is 4.79 Å². The van der Waals surface area contributed by atoms with Gasteiger partial charge in [-0.25, -0.2) is 4.79 Å². The smallest absolute Gasteiger partial charge is 0.319 e. The third-order valence-electron chi connectivity index (χ3n) is 3.19. The van der Waals surface area contributed by atoms with Crippen LogP contribution in [0, 0.1) is 6.92 Å². The number of carbonyl (C=O) groups is 1. The van der Waals surface area contributed by atoms with Gasteiger partial charge in [0.05, 0.1) is 7.11 Å². The Hall–Kier alpha value is -2.49. The third-order valence-corrected chi connectivity index (χ3v) is 3.19. The predicted molar refractivity (Wildman–Crippen MR) is 84.9 cm³/mol. The Morgan fingerprint density at radius 1 is 1.14 bits per heavy atom. The highest BCUT2D eigenvalue weighted by Gasteiger charge is 2.02. The van der Waals surface area contributed by atoms with Crippen molar-refractivity contribution in [1.29, 1.82) is 0 Å². The normalized spacial score (nSPS) is 10.0. The molecule has 0 atom stereocenters. The zero-order chi connectivity index (χ0) is 15.1. The van der Waals surface area contributed by atoms with Gasteiger partial charge in [-0.3, -0.25) is 0 Å². The fraction of sp³-hybridized carbons (Fsp3) is 0.235. The van der Waals surface area contributed by atoms with Gasteiger partial charge in [0.15, 0.2) is 0 Å². The lowest BCUT2D eigenvalue weighted by Gasteiger charge is -2.09. The van der Waals surface area contributed by atoms with Crippen molar-refractivity contribution in [2.24, 2.45) is 0 Å². The van der Waals surface area contributed by atoms with Gasteiger partial charge in [0.2, 0.25) is 0 Å². The number of hydrogen-bond acceptors (Lipinski definition) is 2. The van der Waals surface area contributed by atoms with Crippen molar-refractivity contribution < 1.29 is 9.53 Å². The van der Waals surface area contributed by atoms with Crippen LogP contribution in [0.5, 0.6) is 5.75 Å². The molecular weight excluding hydrogens is 264 g/mol. The van der Waals surface area contributed by atoms with Gasteiger partial charge >= 0.3 is 6.03 Å². The summed E-state index contributed by atoms with van der Waals surface area (Å²) in [5.41, 5.74) is 3.06. The zero-order valence-corrected chi connectivity index (χ0v) is 12.3. The molecule has 0 aromatic heterocycles. The number of nitrogens with one attached hydrogen (secondary N) is 2. The van der Waals surface area contributed by atoms with Crippen molar-refractivity contribution in [1.82, 2.24) is 5.32 Å². The maximum atomic E-state index is 11.7. The highest BCUT2D eigenvalue weighted by Crippen LogP contribution is 2.18. The molecule has 0 aliphatic carbocycles. The van der Waals surface area contributed by atoms with Gasteiger partial charge in [0, 0.05) is 12.2 Å². The molecule has 2 N–H and O–H groups in total. The highest BCUT2D eigenvalue weighted by atomic mass is 16.5. The van der Waals surface area contributed by atoms with Crippen LogP contribution in [0.3, 0.4) is 0 Å². The van der Waals surface area contributed by atoms with Crippen LogP contribution in [0.15, 0.2) is 48.5 Å². The lowest BCUT2D eigenvalue weighted by atomic mass is 10.1. The maximum absolute atomic E-state index is 11.7. The van der Waals surface area contributed by atoms with E-state index in [1.54, 1.807) is 7.11 Å². The number of hydrogen-bond donors (Lipinski definition) is 2. The number of methoxy groups -OCH3 is 1. The number of aryl methyl sites for hydroxylation is 1. The summed E-state index contributed by atoms with van der Waals surface area (Å²) in [5, 5.41) is 5.63. The van der Waals surface area contributed by atoms with E-state index >= 15 is 0 Å². The van der Waals surface area contributed by atoms with E-state index in [4.69, 9.17) is 4.74 Å². The van der Waals surface area contributed by atoms with E-state index in [2.05, 4.69) is 16.7 Å². The van der Waals surface area contributed by atoms with Gasteiger partial charge in [-0.15, -0.1) is 0 Å². The Labute approximate surface area is 125 Å². The molecule has 0 saturated heterocycles. The molecule has 4 heteroatoms. The van der Waals surface area contributed by atoms with E-state index in [1.807, 2.05) is 49.4 Å². The van der Waals surface area contributed by atoms with Gasteiger partial charge in [-0.1, -0.05) is 30.3 Å². The summed E-state index contributed by atoms with van der Waals surface area (Å²) in [4.78, 5) is 11.7. The van der Waals surface area contributed by atoms with Gasteiger partial charge in [0.1, 0.15) is 5.75 Å². The second kappa shape index (κ2) is 7.33. The number of anilines is 1. The molecular formula is C17H20N2O2. The first-order chi connectivity index (χ1) is 10.2. The van der Waals surface area contributed by atoms with Crippen LogP contribution >= 0.6 is 0 Å². The molecule has 2 aromatic rings. The third kappa shape index (κ3) is 4.53. The molecule has 0 radical (unpaired) electrons. The van der Waals surface area contributed by atoms with Gasteiger partial charge in [0.25, 0.3) is 0 Å². The zero-order valence-electron chi connectivity index (χ0n) is 12.3. The largest absolute Gasteiger partial charge is 0.496 e. The van der Waals surface area contributed by atoms with Gasteiger partial charge < -0.3 is 15.4 Å². The summed E-state index contributed by atoms with van der Waals surface area (Å²) in [5.74, 6) is 0.883. The Balaban J connectivity index is 1.79. The van der Waals surface area contributed by atoms with Crippen LogP contribution in [0.25, 0.3) is 0 Å². The van der Waals surface area contributed by atoms with E-state index < -0.39 is 0 Å². The Kier molecular flexibility index (Phi) is 5.21. The first-order valence-electron chi connectivity index (χ1n) is 6.92. The molecule has 110 valence electrons. The van der Waals surface area contributed by atoms with Crippen molar-refractivity contribution in [3.05, 3.63) is 59.7 Å². The SMILES string of the molecule is COc1ccc(CCNC(=O)Nc2ccccc2)cc1C. The van der Waals surface area contributed by atoms with Crippen molar-refractivity contribution in [3.63, 3.8) is 0 Å². The summed E-state index contributed by atoms with van der Waals surface area (Å²) in [6.07, 6.45) is 0.785. The van der Waals surface area contributed by atoms with Crippen LogP contribution in [0.4, 0.5) is 10.5 Å². The summed E-state index contributed by atoms with van der Waals surface area (Å²) in [7, 11) is 1.66. The number of urea groups is 1. The van der Waals surface area contributed by atoms with Crippen molar-refractivity contribution in [2.45, 2.75) is 13.3 Å². The molecule has 0 heterocycles. The standard InChI is InChI=1S/C17H20N2O2/c1-13-12-14(8-9-16(13)21-2)10-11-18-17(20)19-15-6-4-3-5-7-15/h3-9,12H,10-11H2,1-2H3,(H2,18,19,20). The minimum absolute atomic E-state index is 0.188. The summed E-state index contributed by atoms with van der Waals surface area (Å²) >= 11 is 0. The molecule has 2 rings (SSSR count). The number of carbonyl (C=O) groups excluding carboxylic acids is 1. The first-order valence-corrected chi connectivity index (χ1v) is 6.92. The maximum Gasteiger partial charge on any atom is 0.319 e. The molecule has 0 aliphatic rings. The Morgan fingerprint density at radius 2 is 1.90 bits per heavy atom. The van der Waals surface area contributed by atoms with Crippen LogP contribution in [-0.2, 0) is 6.42 Å². The lowest BCUT2D eigenvalue weighted by molar-refractivity contribution is 0.252. The Morgan fingerprint density at radius 3 is 2.57 bits per heavy atom. The second-order valence-corrected chi connectivity index (χ2v) is 4.80. The lowest BCUT2D eigenvalue weighted by Crippen LogP contribution is -2.30. The summed E-state index contributed by atoms with van der Waals surface area (Å²) in [6, 6.07) is 15.2. The minimum Gasteiger partial charge on any atom is -0.496 e. The number of amides is 2. The van der Waals surface area contributed by atoms with Crippen LogP contribution in [0.2, 0.25) is 0 Å². The molecule has 2 aromatic carbocycles. The first kappa shape index (κ1) is 14.9. The average molecular weight is 284 g/mol. The van der Waals surface area contributed by atoms with Crippen molar-refractivity contribution >= 4 is 11.7 Å². The molecule has 0 fully saturated rings. The van der Waals surface area contributed by atoms with E-state index in [-0.39, 0.29) is 6.03 Å². The molecule has 0 aliphatic heterocycles. The van der Waals surface area contributed by atoms with Crippen LogP contribution in [0.1, 0.15) is 11.1 Å². The summed E-state index contributed by atoms with van der Waals surface area (Å²) < 4.78 is 5.23. The molecule has 2 amide bonds. The number of rotatable bonds is 5. The fourth-order valence-corrected chi connectivity index (χ4v) is 2.11. The average Bonchev–Trinajstić information content (AvgIpc) is 2.48. The van der Waals surface area contributed by atoms with Crippen LogP contribution in [-0.4, -0.2) is 19.7 Å². The van der Waals surface area contributed by atoms with Crippen LogP contribution < -0.4 is 15.4 Å². The van der Waals surface area contributed by atoms with Crippen molar-refractivity contribution in [3.8, 4) is 5.75 Å². The van der Waals surface area contributed by atoms with Gasteiger partial charge in [-0.05, 0) is 42.7 Å².